The molecule has 0 radical (unpaired) electrons. The smallest absolute Gasteiger partial charge is 0.175 e. The van der Waals surface area contributed by atoms with Crippen LogP contribution in [0.25, 0.3) is 0 Å². The van der Waals surface area contributed by atoms with E-state index in [1.807, 2.05) is 24.3 Å². The van der Waals surface area contributed by atoms with Gasteiger partial charge in [0, 0.05) is 5.69 Å². The maximum Gasteiger partial charge on any atom is 0.175 e. The molecule has 0 unspecified atom stereocenters. The van der Waals surface area contributed by atoms with E-state index in [1.54, 1.807) is 7.11 Å². The van der Waals surface area contributed by atoms with Crippen molar-refractivity contribution in [1.29, 1.82) is 0 Å². The molecule has 0 amide bonds. The second kappa shape index (κ2) is 7.47. The van der Waals surface area contributed by atoms with Crippen molar-refractivity contribution in [2.75, 3.05) is 17.7 Å². The van der Waals surface area contributed by atoms with E-state index in [0.717, 1.165) is 23.0 Å². The van der Waals surface area contributed by atoms with Gasteiger partial charge in [-0.25, -0.2) is 0 Å². The number of anilines is 2. The van der Waals surface area contributed by atoms with Crippen LogP contribution in [0, 0.1) is 0 Å². The predicted octanol–water partition coefficient (Wildman–Crippen LogP) is 5.16. The van der Waals surface area contributed by atoms with Gasteiger partial charge < -0.3 is 15.4 Å². The van der Waals surface area contributed by atoms with E-state index >= 15 is 0 Å². The highest BCUT2D eigenvalue weighted by atomic mass is 32.1. The fourth-order valence-corrected chi connectivity index (χ4v) is 3.36. The number of hydrogen-bond donors (Lipinski definition) is 2. The van der Waals surface area contributed by atoms with Gasteiger partial charge in [-0.1, -0.05) is 37.1 Å². The third-order valence-corrected chi connectivity index (χ3v) is 4.55. The van der Waals surface area contributed by atoms with Crippen molar-refractivity contribution in [3.8, 4) is 5.75 Å². The molecule has 1 saturated carbocycles. The minimum absolute atomic E-state index is 0.558. The highest BCUT2D eigenvalue weighted by molar-refractivity contribution is 7.80. The van der Waals surface area contributed by atoms with Gasteiger partial charge in [0.1, 0.15) is 5.75 Å². The maximum absolute atomic E-state index is 5.39. The maximum atomic E-state index is 5.39. The molecule has 3 nitrogen and oxygen atoms in total. The van der Waals surface area contributed by atoms with E-state index in [4.69, 9.17) is 17.0 Å². The zero-order valence-electron chi connectivity index (χ0n) is 13.3. The molecule has 1 aliphatic rings. The summed E-state index contributed by atoms with van der Waals surface area (Å²) in [5.74, 6) is 1.51. The van der Waals surface area contributed by atoms with Gasteiger partial charge in [0.2, 0.25) is 0 Å². The average molecular weight is 326 g/mol. The van der Waals surface area contributed by atoms with Crippen LogP contribution in [0.2, 0.25) is 0 Å². The monoisotopic (exact) mass is 326 g/mol. The largest absolute Gasteiger partial charge is 0.495 e. The Morgan fingerprint density at radius 3 is 2.39 bits per heavy atom. The predicted molar refractivity (Wildman–Crippen MR) is 100 cm³/mol. The number of thiocarbonyl (C=S) groups is 1. The Morgan fingerprint density at radius 2 is 1.70 bits per heavy atom. The SMILES string of the molecule is COc1ccccc1NC(=S)Nc1ccc(C2CCCC2)cc1. The Bertz CT molecular complexity index is 663. The molecule has 0 spiro atoms. The fraction of sp³-hybridized carbons (Fsp3) is 0.316. The minimum Gasteiger partial charge on any atom is -0.495 e. The first-order chi connectivity index (χ1) is 11.3. The molecule has 2 aromatic carbocycles. The van der Waals surface area contributed by atoms with E-state index in [-0.39, 0.29) is 0 Å². The first-order valence-electron chi connectivity index (χ1n) is 8.07. The summed E-state index contributed by atoms with van der Waals surface area (Å²) in [6, 6.07) is 16.4. The van der Waals surface area contributed by atoms with Crippen molar-refractivity contribution in [3.05, 3.63) is 54.1 Å². The Kier molecular flexibility index (Phi) is 5.13. The van der Waals surface area contributed by atoms with E-state index in [9.17, 15) is 0 Å². The summed E-state index contributed by atoms with van der Waals surface area (Å²) in [6.07, 6.45) is 5.36. The summed E-state index contributed by atoms with van der Waals surface area (Å²) in [4.78, 5) is 0. The number of hydrogen-bond acceptors (Lipinski definition) is 2. The van der Waals surface area contributed by atoms with Crippen LogP contribution in [-0.2, 0) is 0 Å². The van der Waals surface area contributed by atoms with E-state index in [2.05, 4.69) is 34.9 Å². The topological polar surface area (TPSA) is 33.3 Å². The van der Waals surface area contributed by atoms with E-state index < -0.39 is 0 Å². The van der Waals surface area contributed by atoms with Crippen molar-refractivity contribution in [3.63, 3.8) is 0 Å². The molecular weight excluding hydrogens is 304 g/mol. The lowest BCUT2D eigenvalue weighted by atomic mass is 9.98. The summed E-state index contributed by atoms with van der Waals surface area (Å²) in [6.45, 7) is 0. The van der Waals surface area contributed by atoms with Crippen LogP contribution in [0.15, 0.2) is 48.5 Å². The number of rotatable bonds is 4. The fourth-order valence-electron chi connectivity index (χ4n) is 3.13. The van der Waals surface area contributed by atoms with Crippen LogP contribution in [0.5, 0.6) is 5.75 Å². The molecule has 23 heavy (non-hydrogen) atoms. The molecular formula is C19H22N2OS. The number of benzene rings is 2. The normalized spacial score (nSPS) is 14.5. The van der Waals surface area contributed by atoms with Crippen LogP contribution in [-0.4, -0.2) is 12.2 Å². The molecule has 0 bridgehead atoms. The third-order valence-electron chi connectivity index (χ3n) is 4.35. The molecule has 3 rings (SSSR count). The van der Waals surface area contributed by atoms with Gasteiger partial charge in [0.25, 0.3) is 0 Å². The Labute approximate surface area is 143 Å². The van der Waals surface area contributed by atoms with Crippen molar-refractivity contribution in [2.45, 2.75) is 31.6 Å². The molecule has 0 aromatic heterocycles. The zero-order valence-corrected chi connectivity index (χ0v) is 14.2. The number of methoxy groups -OCH3 is 1. The van der Waals surface area contributed by atoms with Gasteiger partial charge >= 0.3 is 0 Å². The minimum atomic E-state index is 0.558. The molecule has 0 aliphatic heterocycles. The molecule has 2 N–H and O–H groups in total. The van der Waals surface area contributed by atoms with Gasteiger partial charge in [0.15, 0.2) is 5.11 Å². The zero-order chi connectivity index (χ0) is 16.1. The highest BCUT2D eigenvalue weighted by Gasteiger charge is 2.16. The average Bonchev–Trinajstić information content (AvgIpc) is 3.10. The quantitative estimate of drug-likeness (QED) is 0.760. The van der Waals surface area contributed by atoms with Crippen LogP contribution in [0.1, 0.15) is 37.2 Å². The Balaban J connectivity index is 1.61. The van der Waals surface area contributed by atoms with Gasteiger partial charge in [-0.2, -0.15) is 0 Å². The Hall–Kier alpha value is -2.07. The van der Waals surface area contributed by atoms with Gasteiger partial charge in [-0.05, 0) is 60.8 Å². The van der Waals surface area contributed by atoms with Crippen LogP contribution in [0.4, 0.5) is 11.4 Å². The third kappa shape index (κ3) is 4.02. The van der Waals surface area contributed by atoms with Crippen LogP contribution < -0.4 is 15.4 Å². The molecule has 2 aromatic rings. The molecule has 4 heteroatoms. The van der Waals surface area contributed by atoms with Crippen molar-refractivity contribution in [2.24, 2.45) is 0 Å². The van der Waals surface area contributed by atoms with Gasteiger partial charge in [-0.3, -0.25) is 0 Å². The number of nitrogens with one attached hydrogen (secondary N) is 2. The second-order valence-electron chi connectivity index (χ2n) is 5.88. The van der Waals surface area contributed by atoms with Gasteiger partial charge in [0.05, 0.1) is 12.8 Å². The van der Waals surface area contributed by atoms with E-state index in [1.165, 1.54) is 31.2 Å². The molecule has 0 heterocycles. The van der Waals surface area contributed by atoms with Crippen LogP contribution >= 0.6 is 12.2 Å². The highest BCUT2D eigenvalue weighted by Crippen LogP contribution is 2.34. The lowest BCUT2D eigenvalue weighted by Gasteiger charge is -2.14. The Morgan fingerprint density at radius 1 is 1.00 bits per heavy atom. The second-order valence-corrected chi connectivity index (χ2v) is 6.29. The summed E-state index contributed by atoms with van der Waals surface area (Å²) in [7, 11) is 1.65. The summed E-state index contributed by atoms with van der Waals surface area (Å²) >= 11 is 5.39. The molecule has 0 atom stereocenters. The lowest BCUT2D eigenvalue weighted by Crippen LogP contribution is -2.19. The molecule has 1 aliphatic carbocycles. The molecule has 0 saturated heterocycles. The van der Waals surface area contributed by atoms with Crippen molar-refractivity contribution in [1.82, 2.24) is 0 Å². The lowest BCUT2D eigenvalue weighted by molar-refractivity contribution is 0.417. The molecule has 1 fully saturated rings. The molecule has 120 valence electrons. The summed E-state index contributed by atoms with van der Waals surface area (Å²) in [5, 5.41) is 6.96. The summed E-state index contributed by atoms with van der Waals surface area (Å²) in [5.41, 5.74) is 3.30. The van der Waals surface area contributed by atoms with Gasteiger partial charge in [-0.15, -0.1) is 0 Å². The summed E-state index contributed by atoms with van der Waals surface area (Å²) < 4.78 is 5.32. The first-order valence-corrected chi connectivity index (χ1v) is 8.48. The van der Waals surface area contributed by atoms with Crippen molar-refractivity contribution < 1.29 is 4.74 Å². The first kappa shape index (κ1) is 15.8. The standard InChI is InChI=1S/C19H22N2OS/c1-22-18-9-5-4-8-17(18)21-19(23)20-16-12-10-15(11-13-16)14-6-2-3-7-14/h4-5,8-14H,2-3,6-7H2,1H3,(H2,20,21,23). The number of para-hydroxylation sites is 2. The van der Waals surface area contributed by atoms with Crippen LogP contribution in [0.3, 0.4) is 0 Å². The van der Waals surface area contributed by atoms with Crippen molar-refractivity contribution >= 4 is 28.7 Å². The number of ether oxygens (including phenoxy) is 1. The van der Waals surface area contributed by atoms with E-state index in [0.29, 0.717) is 5.11 Å².